The summed E-state index contributed by atoms with van der Waals surface area (Å²) < 4.78 is 1.00. The number of fused-ring (bicyclic) bond motifs is 3. The van der Waals surface area contributed by atoms with Crippen LogP contribution in [0.2, 0.25) is 0 Å². The van der Waals surface area contributed by atoms with Gasteiger partial charge in [0.2, 0.25) is 0 Å². The third kappa shape index (κ3) is 3.88. The first-order valence-corrected chi connectivity index (χ1v) is 13.2. The maximum absolute atomic E-state index is 12.8. The van der Waals surface area contributed by atoms with Crippen LogP contribution in [-0.2, 0) is 12.8 Å². The van der Waals surface area contributed by atoms with Crippen LogP contribution < -0.4 is 10.2 Å². The quantitative estimate of drug-likeness (QED) is 0.499. The van der Waals surface area contributed by atoms with Crippen LogP contribution in [0.15, 0.2) is 28.7 Å². The van der Waals surface area contributed by atoms with E-state index in [2.05, 4.69) is 26.1 Å². The first-order valence-electron chi connectivity index (χ1n) is 11.5. The summed E-state index contributed by atoms with van der Waals surface area (Å²) in [4.78, 5) is 29.9. The van der Waals surface area contributed by atoms with Gasteiger partial charge in [-0.3, -0.25) is 0 Å². The number of halogens is 1. The molecule has 3 aliphatic rings. The number of urea groups is 1. The highest BCUT2D eigenvalue weighted by atomic mass is 79.9. The standard InChI is InChI=1S/C24H26BrN5OS/c25-16-7-9-17(10-8-16)26-24(31)30-13-11-29(12-14-30)22-20-18-3-1-2-4-19(18)32-23(20)28-21(27-22)15-5-6-15/h7-10,15H,1-6,11-14H2,(H,26,31). The number of hydrogen-bond donors (Lipinski definition) is 1. The summed E-state index contributed by atoms with van der Waals surface area (Å²) in [7, 11) is 0. The van der Waals surface area contributed by atoms with Crippen LogP contribution in [0.25, 0.3) is 10.2 Å². The predicted molar refractivity (Wildman–Crippen MR) is 133 cm³/mol. The molecule has 0 spiro atoms. The molecule has 0 atom stereocenters. The van der Waals surface area contributed by atoms with Crippen molar-refractivity contribution in [3.63, 3.8) is 0 Å². The van der Waals surface area contributed by atoms with Crippen molar-refractivity contribution in [2.24, 2.45) is 0 Å². The Labute approximate surface area is 200 Å². The third-order valence-electron chi connectivity index (χ3n) is 6.72. The lowest BCUT2D eigenvalue weighted by atomic mass is 9.97. The Balaban J connectivity index is 1.23. The third-order valence-corrected chi connectivity index (χ3v) is 8.43. The highest BCUT2D eigenvalue weighted by molar-refractivity contribution is 9.10. The van der Waals surface area contributed by atoms with Gasteiger partial charge >= 0.3 is 6.03 Å². The summed E-state index contributed by atoms with van der Waals surface area (Å²) in [6, 6.07) is 7.66. The van der Waals surface area contributed by atoms with Crippen LogP contribution in [-0.4, -0.2) is 47.1 Å². The molecule has 2 fully saturated rings. The lowest BCUT2D eigenvalue weighted by Crippen LogP contribution is -2.50. The minimum Gasteiger partial charge on any atom is -0.352 e. The van der Waals surface area contributed by atoms with E-state index in [0.717, 1.165) is 41.3 Å². The Bertz CT molecular complexity index is 1170. The molecule has 0 bridgehead atoms. The molecule has 1 aromatic carbocycles. The van der Waals surface area contributed by atoms with Crippen LogP contribution in [0.4, 0.5) is 16.3 Å². The molecule has 6 rings (SSSR count). The van der Waals surface area contributed by atoms with E-state index in [1.807, 2.05) is 40.5 Å². The van der Waals surface area contributed by atoms with Crippen LogP contribution in [0.5, 0.6) is 0 Å². The lowest BCUT2D eigenvalue weighted by molar-refractivity contribution is 0.208. The molecule has 3 aromatic rings. The van der Waals surface area contributed by atoms with Gasteiger partial charge in [-0.25, -0.2) is 14.8 Å². The summed E-state index contributed by atoms with van der Waals surface area (Å²) in [6.07, 6.45) is 7.28. The van der Waals surface area contributed by atoms with Gasteiger partial charge in [-0.2, -0.15) is 0 Å². The van der Waals surface area contributed by atoms with Gasteiger partial charge in [0.15, 0.2) is 0 Å². The molecule has 2 amide bonds. The number of nitrogens with one attached hydrogen (secondary N) is 1. The zero-order valence-corrected chi connectivity index (χ0v) is 20.3. The zero-order valence-electron chi connectivity index (χ0n) is 17.9. The molecule has 1 N–H and O–H groups in total. The van der Waals surface area contributed by atoms with Gasteiger partial charge in [0.25, 0.3) is 0 Å². The molecule has 0 unspecified atom stereocenters. The Morgan fingerprint density at radius 3 is 2.53 bits per heavy atom. The average Bonchev–Trinajstić information content (AvgIpc) is 3.60. The Morgan fingerprint density at radius 2 is 1.78 bits per heavy atom. The van der Waals surface area contributed by atoms with Crippen molar-refractivity contribution in [3.05, 3.63) is 45.0 Å². The van der Waals surface area contributed by atoms with Crippen molar-refractivity contribution in [2.75, 3.05) is 36.4 Å². The van der Waals surface area contributed by atoms with Gasteiger partial charge in [0, 0.05) is 47.1 Å². The number of benzene rings is 1. The zero-order chi connectivity index (χ0) is 21.7. The molecule has 0 radical (unpaired) electrons. The van der Waals surface area contributed by atoms with E-state index in [1.54, 1.807) is 0 Å². The van der Waals surface area contributed by atoms with Gasteiger partial charge in [0.05, 0.1) is 5.39 Å². The second kappa shape index (κ2) is 8.30. The molecule has 8 heteroatoms. The van der Waals surface area contributed by atoms with Crippen LogP contribution >= 0.6 is 27.3 Å². The number of aromatic nitrogens is 2. The lowest BCUT2D eigenvalue weighted by Gasteiger charge is -2.36. The maximum Gasteiger partial charge on any atom is 0.321 e. The molecule has 1 saturated carbocycles. The first kappa shape index (κ1) is 20.4. The van der Waals surface area contributed by atoms with Crippen LogP contribution in [0.3, 0.4) is 0 Å². The monoisotopic (exact) mass is 511 g/mol. The largest absolute Gasteiger partial charge is 0.352 e. The van der Waals surface area contributed by atoms with Gasteiger partial charge in [0.1, 0.15) is 16.5 Å². The van der Waals surface area contributed by atoms with Crippen molar-refractivity contribution >= 4 is 55.0 Å². The molecular formula is C24H26BrN5OS. The summed E-state index contributed by atoms with van der Waals surface area (Å²) in [5, 5.41) is 4.31. The van der Waals surface area contributed by atoms with E-state index >= 15 is 0 Å². The molecule has 2 aliphatic carbocycles. The second-order valence-electron chi connectivity index (χ2n) is 8.98. The molecule has 2 aromatic heterocycles. The Hall–Kier alpha value is -2.19. The maximum atomic E-state index is 12.8. The summed E-state index contributed by atoms with van der Waals surface area (Å²) in [5.41, 5.74) is 2.31. The fourth-order valence-electron chi connectivity index (χ4n) is 4.76. The number of aryl methyl sites for hydroxylation is 2. The number of amides is 2. The van der Waals surface area contributed by atoms with Crippen molar-refractivity contribution in [1.29, 1.82) is 0 Å². The smallest absolute Gasteiger partial charge is 0.321 e. The van der Waals surface area contributed by atoms with Crippen molar-refractivity contribution < 1.29 is 4.79 Å². The van der Waals surface area contributed by atoms with Crippen molar-refractivity contribution in [1.82, 2.24) is 14.9 Å². The minimum absolute atomic E-state index is 0.0358. The van der Waals surface area contributed by atoms with E-state index in [4.69, 9.17) is 9.97 Å². The van der Waals surface area contributed by atoms with E-state index in [0.29, 0.717) is 19.0 Å². The van der Waals surface area contributed by atoms with E-state index in [-0.39, 0.29) is 6.03 Å². The number of nitrogens with zero attached hydrogens (tertiary/aromatic N) is 4. The number of carbonyl (C=O) groups is 1. The molecule has 1 aliphatic heterocycles. The summed E-state index contributed by atoms with van der Waals surface area (Å²) >= 11 is 5.32. The highest BCUT2D eigenvalue weighted by Gasteiger charge is 2.32. The normalized spacial score (nSPS) is 18.7. The molecule has 3 heterocycles. The van der Waals surface area contributed by atoms with Crippen molar-refractivity contribution in [3.8, 4) is 0 Å². The number of rotatable bonds is 3. The topological polar surface area (TPSA) is 61.4 Å². The molecule has 1 saturated heterocycles. The Kier molecular flexibility index (Phi) is 5.30. The first-order chi connectivity index (χ1) is 15.7. The van der Waals surface area contributed by atoms with E-state index in [9.17, 15) is 4.79 Å². The van der Waals surface area contributed by atoms with E-state index < -0.39 is 0 Å². The minimum atomic E-state index is -0.0358. The molecule has 166 valence electrons. The Morgan fingerprint density at radius 1 is 1.03 bits per heavy atom. The fraction of sp³-hybridized carbons (Fsp3) is 0.458. The van der Waals surface area contributed by atoms with Crippen LogP contribution in [0.1, 0.15) is 47.9 Å². The van der Waals surface area contributed by atoms with Gasteiger partial charge < -0.3 is 15.1 Å². The SMILES string of the molecule is O=C(Nc1ccc(Br)cc1)N1CCN(c2nc(C3CC3)nc3sc4c(c23)CCCC4)CC1. The van der Waals surface area contributed by atoms with Gasteiger partial charge in [-0.1, -0.05) is 15.9 Å². The number of thiophene rings is 1. The number of carbonyl (C=O) groups excluding carboxylic acids is 1. The second-order valence-corrected chi connectivity index (χ2v) is 11.0. The van der Waals surface area contributed by atoms with Gasteiger partial charge in [-0.05, 0) is 68.4 Å². The number of hydrogen-bond acceptors (Lipinski definition) is 5. The molecule has 6 nitrogen and oxygen atoms in total. The summed E-state index contributed by atoms with van der Waals surface area (Å²) in [5.74, 6) is 2.68. The summed E-state index contributed by atoms with van der Waals surface area (Å²) in [6.45, 7) is 2.99. The van der Waals surface area contributed by atoms with Crippen molar-refractivity contribution in [2.45, 2.75) is 44.4 Å². The average molecular weight is 512 g/mol. The molecular weight excluding hydrogens is 486 g/mol. The van der Waals surface area contributed by atoms with E-state index in [1.165, 1.54) is 52.8 Å². The number of piperazine rings is 1. The van der Waals surface area contributed by atoms with Crippen LogP contribution in [0, 0.1) is 0 Å². The fourth-order valence-corrected chi connectivity index (χ4v) is 6.29. The highest BCUT2D eigenvalue weighted by Crippen LogP contribution is 2.44. The number of anilines is 2. The van der Waals surface area contributed by atoms with Gasteiger partial charge in [-0.15, -0.1) is 11.3 Å². The predicted octanol–water partition coefficient (Wildman–Crippen LogP) is 5.56. The molecule has 32 heavy (non-hydrogen) atoms.